The Labute approximate surface area is 141 Å². The van der Waals surface area contributed by atoms with Crippen LogP contribution < -0.4 is 10.2 Å². The number of halogens is 1. The summed E-state index contributed by atoms with van der Waals surface area (Å²) in [6, 6.07) is 10.8. The quantitative estimate of drug-likeness (QED) is 0.909. The Bertz CT molecular complexity index is 664. The first-order valence-corrected chi connectivity index (χ1v) is 8.38. The number of benzene rings is 1. The van der Waals surface area contributed by atoms with Gasteiger partial charge in [0.25, 0.3) is 5.91 Å². The molecule has 1 amide bonds. The Balaban J connectivity index is 1.67. The predicted molar refractivity (Wildman–Crippen MR) is 94.3 cm³/mol. The standard InChI is InChI=1S/C18H20ClN3O/c19-14-6-5-7-15(12-14)21-18(23)17-9-8-16(13-20-17)22-10-3-1-2-4-11-22/h5-9,12-13H,1-4,10-11H2,(H,21,23). The van der Waals surface area contributed by atoms with Crippen LogP contribution >= 0.6 is 11.6 Å². The fourth-order valence-electron chi connectivity index (χ4n) is 2.80. The van der Waals surface area contributed by atoms with Gasteiger partial charge in [0.1, 0.15) is 5.69 Å². The molecule has 5 heteroatoms. The van der Waals surface area contributed by atoms with Gasteiger partial charge in [0.05, 0.1) is 11.9 Å². The highest BCUT2D eigenvalue weighted by molar-refractivity contribution is 6.30. The van der Waals surface area contributed by atoms with Crippen molar-refractivity contribution in [3.8, 4) is 0 Å². The van der Waals surface area contributed by atoms with Crippen LogP contribution in [-0.2, 0) is 0 Å². The van der Waals surface area contributed by atoms with Gasteiger partial charge in [-0.25, -0.2) is 4.98 Å². The number of rotatable bonds is 3. The van der Waals surface area contributed by atoms with Gasteiger partial charge in [0, 0.05) is 23.8 Å². The van der Waals surface area contributed by atoms with E-state index in [0.717, 1.165) is 18.8 Å². The monoisotopic (exact) mass is 329 g/mol. The van der Waals surface area contributed by atoms with Crippen LogP contribution in [0.4, 0.5) is 11.4 Å². The molecule has 0 radical (unpaired) electrons. The van der Waals surface area contributed by atoms with Crippen molar-refractivity contribution in [3.05, 3.63) is 53.3 Å². The Morgan fingerprint density at radius 3 is 2.52 bits per heavy atom. The van der Waals surface area contributed by atoms with Crippen molar-refractivity contribution in [2.24, 2.45) is 0 Å². The molecule has 0 saturated carbocycles. The lowest BCUT2D eigenvalue weighted by Crippen LogP contribution is -2.24. The average Bonchev–Trinajstić information content (AvgIpc) is 2.84. The highest BCUT2D eigenvalue weighted by atomic mass is 35.5. The molecule has 23 heavy (non-hydrogen) atoms. The number of carbonyl (C=O) groups excluding carboxylic acids is 1. The van der Waals surface area contributed by atoms with Crippen molar-refractivity contribution in [2.75, 3.05) is 23.3 Å². The van der Waals surface area contributed by atoms with Crippen molar-refractivity contribution in [1.29, 1.82) is 0 Å². The SMILES string of the molecule is O=C(Nc1cccc(Cl)c1)c1ccc(N2CCCCCC2)cn1. The molecule has 0 aliphatic carbocycles. The van der Waals surface area contributed by atoms with E-state index in [1.54, 1.807) is 36.5 Å². The number of nitrogens with zero attached hydrogens (tertiary/aromatic N) is 2. The van der Waals surface area contributed by atoms with E-state index in [1.165, 1.54) is 25.7 Å². The Kier molecular flexibility index (Phi) is 5.13. The van der Waals surface area contributed by atoms with Gasteiger partial charge in [-0.15, -0.1) is 0 Å². The fourth-order valence-corrected chi connectivity index (χ4v) is 2.99. The molecule has 0 atom stereocenters. The normalized spacial score (nSPS) is 15.1. The lowest BCUT2D eigenvalue weighted by Gasteiger charge is -2.22. The summed E-state index contributed by atoms with van der Waals surface area (Å²) in [6.45, 7) is 2.13. The molecule has 1 N–H and O–H groups in total. The van der Waals surface area contributed by atoms with E-state index in [1.807, 2.05) is 6.07 Å². The highest BCUT2D eigenvalue weighted by Crippen LogP contribution is 2.19. The van der Waals surface area contributed by atoms with Crippen LogP contribution in [0.2, 0.25) is 5.02 Å². The first-order valence-electron chi connectivity index (χ1n) is 8.00. The molecule has 1 fully saturated rings. The molecule has 4 nitrogen and oxygen atoms in total. The lowest BCUT2D eigenvalue weighted by atomic mass is 10.2. The van der Waals surface area contributed by atoms with E-state index in [9.17, 15) is 4.79 Å². The summed E-state index contributed by atoms with van der Waals surface area (Å²) < 4.78 is 0. The first-order chi connectivity index (χ1) is 11.2. The number of nitrogens with one attached hydrogen (secondary N) is 1. The topological polar surface area (TPSA) is 45.2 Å². The maximum atomic E-state index is 12.2. The molecule has 3 rings (SSSR count). The van der Waals surface area contributed by atoms with E-state index < -0.39 is 0 Å². The second kappa shape index (κ2) is 7.47. The van der Waals surface area contributed by atoms with Gasteiger partial charge in [-0.2, -0.15) is 0 Å². The number of pyridine rings is 1. The summed E-state index contributed by atoms with van der Waals surface area (Å²) in [4.78, 5) is 18.9. The molecule has 0 bridgehead atoms. The van der Waals surface area contributed by atoms with Crippen LogP contribution in [0.3, 0.4) is 0 Å². The molecule has 0 spiro atoms. The third kappa shape index (κ3) is 4.23. The smallest absolute Gasteiger partial charge is 0.274 e. The summed E-state index contributed by atoms with van der Waals surface area (Å²) in [7, 11) is 0. The summed E-state index contributed by atoms with van der Waals surface area (Å²) in [5.74, 6) is -0.227. The summed E-state index contributed by atoms with van der Waals surface area (Å²) in [5.41, 5.74) is 2.16. The number of aromatic nitrogens is 1. The minimum Gasteiger partial charge on any atom is -0.370 e. The second-order valence-corrected chi connectivity index (χ2v) is 6.20. The maximum absolute atomic E-state index is 12.2. The molecule has 2 aromatic rings. The van der Waals surface area contributed by atoms with Gasteiger partial charge in [-0.05, 0) is 43.2 Å². The van der Waals surface area contributed by atoms with E-state index in [0.29, 0.717) is 16.4 Å². The van der Waals surface area contributed by atoms with Crippen molar-refractivity contribution in [1.82, 2.24) is 4.98 Å². The summed E-state index contributed by atoms with van der Waals surface area (Å²) in [6.07, 6.45) is 6.82. The maximum Gasteiger partial charge on any atom is 0.274 e. The molecule has 1 aromatic heterocycles. The molecule has 1 aromatic carbocycles. The fraction of sp³-hybridized carbons (Fsp3) is 0.333. The number of anilines is 2. The van der Waals surface area contributed by atoms with Crippen LogP contribution in [0.5, 0.6) is 0 Å². The molecule has 1 aliphatic rings. The number of hydrogen-bond acceptors (Lipinski definition) is 3. The molecule has 120 valence electrons. The van der Waals surface area contributed by atoms with Gasteiger partial charge >= 0.3 is 0 Å². The Hall–Kier alpha value is -2.07. The van der Waals surface area contributed by atoms with Crippen LogP contribution in [0.1, 0.15) is 36.2 Å². The summed E-state index contributed by atoms with van der Waals surface area (Å²) in [5, 5.41) is 3.40. The lowest BCUT2D eigenvalue weighted by molar-refractivity contribution is 0.102. The third-order valence-electron chi connectivity index (χ3n) is 4.03. The highest BCUT2D eigenvalue weighted by Gasteiger charge is 2.12. The van der Waals surface area contributed by atoms with Gasteiger partial charge < -0.3 is 10.2 Å². The second-order valence-electron chi connectivity index (χ2n) is 5.77. The largest absolute Gasteiger partial charge is 0.370 e. The number of carbonyl (C=O) groups is 1. The van der Waals surface area contributed by atoms with Crippen molar-refractivity contribution < 1.29 is 4.79 Å². The minimum atomic E-state index is -0.227. The zero-order valence-electron chi connectivity index (χ0n) is 13.0. The minimum absolute atomic E-state index is 0.227. The average molecular weight is 330 g/mol. The molecular weight excluding hydrogens is 310 g/mol. The Morgan fingerprint density at radius 2 is 1.87 bits per heavy atom. The van der Waals surface area contributed by atoms with E-state index in [2.05, 4.69) is 15.2 Å². The zero-order valence-corrected chi connectivity index (χ0v) is 13.7. The third-order valence-corrected chi connectivity index (χ3v) is 4.27. The van der Waals surface area contributed by atoms with E-state index >= 15 is 0 Å². The number of hydrogen-bond donors (Lipinski definition) is 1. The van der Waals surface area contributed by atoms with Crippen molar-refractivity contribution >= 4 is 28.9 Å². The predicted octanol–water partition coefficient (Wildman–Crippen LogP) is 4.37. The molecule has 0 unspecified atom stereocenters. The molecular formula is C18H20ClN3O. The van der Waals surface area contributed by atoms with Gasteiger partial charge in [-0.1, -0.05) is 30.5 Å². The zero-order chi connectivity index (χ0) is 16.1. The van der Waals surface area contributed by atoms with Crippen molar-refractivity contribution in [3.63, 3.8) is 0 Å². The molecule has 2 heterocycles. The van der Waals surface area contributed by atoms with Gasteiger partial charge in [0.2, 0.25) is 0 Å². The van der Waals surface area contributed by atoms with Gasteiger partial charge in [0.15, 0.2) is 0 Å². The summed E-state index contributed by atoms with van der Waals surface area (Å²) >= 11 is 5.92. The van der Waals surface area contributed by atoms with Crippen LogP contribution in [0.15, 0.2) is 42.6 Å². The van der Waals surface area contributed by atoms with E-state index in [-0.39, 0.29) is 5.91 Å². The van der Waals surface area contributed by atoms with Crippen LogP contribution in [0, 0.1) is 0 Å². The van der Waals surface area contributed by atoms with Crippen LogP contribution in [0.25, 0.3) is 0 Å². The van der Waals surface area contributed by atoms with Crippen molar-refractivity contribution in [2.45, 2.75) is 25.7 Å². The van der Waals surface area contributed by atoms with E-state index in [4.69, 9.17) is 11.6 Å². The number of amides is 1. The van der Waals surface area contributed by atoms with Gasteiger partial charge in [-0.3, -0.25) is 4.79 Å². The first kappa shape index (κ1) is 15.8. The molecule has 1 saturated heterocycles. The van der Waals surface area contributed by atoms with Crippen LogP contribution in [-0.4, -0.2) is 24.0 Å². The molecule has 1 aliphatic heterocycles. The Morgan fingerprint density at radius 1 is 1.09 bits per heavy atom.